The summed E-state index contributed by atoms with van der Waals surface area (Å²) in [4.78, 5) is 58.5. The molecule has 6 unspecified atom stereocenters. The number of imide groups is 1. The first-order valence-electron chi connectivity index (χ1n) is 14.7. The van der Waals surface area contributed by atoms with Crippen LogP contribution in [0.15, 0.2) is 76.6 Å². The van der Waals surface area contributed by atoms with E-state index in [2.05, 4.69) is 10.3 Å². The van der Waals surface area contributed by atoms with Gasteiger partial charge in [-0.3, -0.25) is 24.1 Å². The Balaban J connectivity index is 1.11. The number of aromatic amines is 1. The van der Waals surface area contributed by atoms with E-state index < -0.39 is 11.8 Å². The number of rotatable bonds is 6. The van der Waals surface area contributed by atoms with Gasteiger partial charge in [0.2, 0.25) is 11.8 Å². The Morgan fingerprint density at radius 1 is 0.935 bits per heavy atom. The number of nitrogens with one attached hydrogen (secondary N) is 2. The van der Waals surface area contributed by atoms with Crippen molar-refractivity contribution >= 4 is 87.0 Å². The van der Waals surface area contributed by atoms with Crippen LogP contribution in [0, 0.1) is 29.6 Å². The van der Waals surface area contributed by atoms with Crippen molar-refractivity contribution in [2.24, 2.45) is 29.6 Å². The summed E-state index contributed by atoms with van der Waals surface area (Å²) in [6, 6.07) is 19.1. The number of thioether (sulfide) groups is 1. The number of para-hydroxylation sites is 1. The Morgan fingerprint density at radius 3 is 2.43 bits per heavy atom. The highest BCUT2D eigenvalue weighted by Gasteiger charge is 2.69. The number of halogens is 3. The van der Waals surface area contributed by atoms with E-state index in [9.17, 15) is 19.2 Å². The third-order valence-electron chi connectivity index (χ3n) is 9.62. The number of carbonyl (C=O) groups is 3. The van der Waals surface area contributed by atoms with Crippen molar-refractivity contribution in [3.8, 4) is 5.75 Å². The summed E-state index contributed by atoms with van der Waals surface area (Å²) in [5, 5.41) is 4.82. The van der Waals surface area contributed by atoms with Crippen molar-refractivity contribution in [1.82, 2.24) is 4.98 Å². The number of fused-ring (bicyclic) bond motifs is 9. The normalized spacial score (nSPS) is 27.4. The third kappa shape index (κ3) is 4.80. The van der Waals surface area contributed by atoms with Crippen LogP contribution in [0.4, 0.5) is 11.4 Å². The van der Waals surface area contributed by atoms with Gasteiger partial charge in [0.25, 0.3) is 5.91 Å². The molecule has 3 aromatic carbocycles. The minimum atomic E-state index is -0.445. The van der Waals surface area contributed by atoms with Gasteiger partial charge in [-0.05, 0) is 72.7 Å². The number of aromatic nitrogens is 1. The first-order chi connectivity index (χ1) is 22.2. The molecule has 8 rings (SSSR count). The second-order valence-electron chi connectivity index (χ2n) is 12.0. The van der Waals surface area contributed by atoms with Crippen molar-refractivity contribution in [2.45, 2.75) is 22.6 Å². The molecule has 2 N–H and O–H groups in total. The van der Waals surface area contributed by atoms with E-state index in [1.165, 1.54) is 16.2 Å². The molecule has 1 aromatic heterocycles. The van der Waals surface area contributed by atoms with Crippen molar-refractivity contribution in [2.75, 3.05) is 16.8 Å². The Bertz CT molecular complexity index is 1980. The molecular formula is C33H24Cl3N3O5S2. The minimum absolute atomic E-state index is 0.0157. The Morgan fingerprint density at radius 2 is 1.67 bits per heavy atom. The number of thiazole rings is 1. The fourth-order valence-electron chi connectivity index (χ4n) is 7.99. The maximum Gasteiger partial charge on any atom is 0.305 e. The van der Waals surface area contributed by atoms with Gasteiger partial charge in [0.05, 0.1) is 32.6 Å². The SMILES string of the molecule is O=C(COc1ccccc1[C@H]1c2sc(=O)[nH]c2SC2C3CC(C4C(=O)N(c5ccc(Cl)cc5)C(=O)C34)C21)Nc1ccc(Cl)c(Cl)c1. The number of anilines is 2. The fraction of sp³-hybridized carbons (Fsp3) is 0.273. The molecule has 4 aromatic rings. The summed E-state index contributed by atoms with van der Waals surface area (Å²) < 4.78 is 6.14. The second kappa shape index (κ2) is 11.5. The highest BCUT2D eigenvalue weighted by molar-refractivity contribution is 8.00. The van der Waals surface area contributed by atoms with Crippen LogP contribution in [-0.2, 0) is 14.4 Å². The summed E-state index contributed by atoms with van der Waals surface area (Å²) in [7, 11) is 0. The molecule has 2 aliphatic heterocycles. The highest BCUT2D eigenvalue weighted by atomic mass is 35.5. The number of hydrogen-bond acceptors (Lipinski definition) is 7. The predicted molar refractivity (Wildman–Crippen MR) is 179 cm³/mol. The van der Waals surface area contributed by atoms with E-state index in [0.29, 0.717) is 32.2 Å². The molecule has 3 amide bonds. The zero-order valence-electron chi connectivity index (χ0n) is 23.7. The lowest BCUT2D eigenvalue weighted by molar-refractivity contribution is -0.123. The lowest BCUT2D eigenvalue weighted by Crippen LogP contribution is -2.42. The van der Waals surface area contributed by atoms with Gasteiger partial charge in [-0.2, -0.15) is 0 Å². The van der Waals surface area contributed by atoms with E-state index >= 15 is 0 Å². The zero-order valence-corrected chi connectivity index (χ0v) is 27.6. The number of benzene rings is 3. The van der Waals surface area contributed by atoms with Crippen LogP contribution in [0.5, 0.6) is 5.75 Å². The molecule has 234 valence electrons. The second-order valence-corrected chi connectivity index (χ2v) is 15.4. The number of H-pyrrole nitrogens is 1. The summed E-state index contributed by atoms with van der Waals surface area (Å²) >= 11 is 21.0. The van der Waals surface area contributed by atoms with Crippen LogP contribution < -0.4 is 19.8 Å². The average molecular weight is 713 g/mol. The fourth-order valence-corrected chi connectivity index (χ4v) is 11.3. The minimum Gasteiger partial charge on any atom is -0.483 e. The van der Waals surface area contributed by atoms with Gasteiger partial charge in [0.1, 0.15) is 5.75 Å². The van der Waals surface area contributed by atoms with Crippen LogP contribution in [0.1, 0.15) is 22.8 Å². The van der Waals surface area contributed by atoms with E-state index in [0.717, 1.165) is 21.9 Å². The van der Waals surface area contributed by atoms with Crippen LogP contribution in [-0.4, -0.2) is 34.6 Å². The number of hydrogen-bond donors (Lipinski definition) is 2. The Hall–Kier alpha value is -3.28. The van der Waals surface area contributed by atoms with Crippen molar-refractivity contribution in [1.29, 1.82) is 0 Å². The van der Waals surface area contributed by atoms with Gasteiger partial charge in [0.15, 0.2) is 6.61 Å². The topological polar surface area (TPSA) is 109 Å². The molecular weight excluding hydrogens is 689 g/mol. The number of amides is 3. The first-order valence-corrected chi connectivity index (χ1v) is 17.5. The average Bonchev–Trinajstić information content (AvgIpc) is 3.77. The lowest BCUT2D eigenvalue weighted by Gasteiger charge is -2.43. The van der Waals surface area contributed by atoms with Crippen molar-refractivity contribution in [3.05, 3.63) is 102 Å². The molecule has 4 aliphatic rings. The van der Waals surface area contributed by atoms with E-state index in [1.807, 2.05) is 24.3 Å². The Labute approximate surface area is 286 Å². The molecule has 2 saturated carbocycles. The molecule has 7 atom stereocenters. The predicted octanol–water partition coefficient (Wildman–Crippen LogP) is 7.09. The number of carbonyl (C=O) groups excluding carboxylic acids is 3. The van der Waals surface area contributed by atoms with Gasteiger partial charge < -0.3 is 15.0 Å². The van der Waals surface area contributed by atoms with Crippen LogP contribution in [0.3, 0.4) is 0 Å². The zero-order chi connectivity index (χ0) is 31.9. The van der Waals surface area contributed by atoms with Crippen LogP contribution in [0.2, 0.25) is 15.1 Å². The number of nitrogens with zero attached hydrogens (tertiary/aromatic N) is 1. The maximum absolute atomic E-state index is 14.0. The quantitative estimate of drug-likeness (QED) is 0.207. The molecule has 46 heavy (non-hydrogen) atoms. The summed E-state index contributed by atoms with van der Waals surface area (Å²) in [5.74, 6) is -1.43. The molecule has 2 bridgehead atoms. The monoisotopic (exact) mass is 711 g/mol. The van der Waals surface area contributed by atoms with Crippen LogP contribution >= 0.6 is 57.9 Å². The standard InChI is InChI=1S/C33H24Cl3N3O5S2/c34-14-5-8-16(9-6-14)39-31(41)26-18-12-19(27(26)32(39)42)28-25(18)24(29-30(45-28)38-33(43)46-29)17-3-1-2-4-22(17)44-13-23(40)37-15-7-10-20(35)21(36)11-15/h1-11,18-19,24-28H,12-13H2,(H,37,40)(H,38,43)/t18?,19?,24-,25?,26?,27?,28?/m1/s1. The summed E-state index contributed by atoms with van der Waals surface area (Å²) in [6.45, 7) is -0.261. The lowest BCUT2D eigenvalue weighted by atomic mass is 9.68. The molecule has 3 heterocycles. The van der Waals surface area contributed by atoms with Gasteiger partial charge in [0, 0.05) is 32.3 Å². The number of ether oxygens (including phenoxy) is 1. The van der Waals surface area contributed by atoms with Gasteiger partial charge >= 0.3 is 4.87 Å². The third-order valence-corrected chi connectivity index (χ3v) is 13.2. The van der Waals surface area contributed by atoms with Gasteiger partial charge in [-0.15, -0.1) is 11.8 Å². The summed E-state index contributed by atoms with van der Waals surface area (Å²) in [6.07, 6.45) is 0.758. The van der Waals surface area contributed by atoms with Crippen molar-refractivity contribution in [3.63, 3.8) is 0 Å². The van der Waals surface area contributed by atoms with E-state index in [-0.39, 0.29) is 58.1 Å². The van der Waals surface area contributed by atoms with E-state index in [4.69, 9.17) is 39.5 Å². The first kappa shape index (κ1) is 30.1. The molecule has 1 saturated heterocycles. The molecule has 8 nitrogen and oxygen atoms in total. The smallest absolute Gasteiger partial charge is 0.305 e. The molecule has 3 fully saturated rings. The van der Waals surface area contributed by atoms with E-state index in [1.54, 1.807) is 54.2 Å². The van der Waals surface area contributed by atoms with Crippen LogP contribution in [0.25, 0.3) is 0 Å². The maximum atomic E-state index is 14.0. The molecule has 13 heteroatoms. The molecule has 2 aliphatic carbocycles. The Kier molecular flexibility index (Phi) is 7.49. The van der Waals surface area contributed by atoms with Gasteiger partial charge in [-0.25, -0.2) is 0 Å². The largest absolute Gasteiger partial charge is 0.483 e. The summed E-state index contributed by atoms with van der Waals surface area (Å²) in [5.41, 5.74) is 1.86. The van der Waals surface area contributed by atoms with Crippen molar-refractivity contribution < 1.29 is 19.1 Å². The molecule has 0 spiro atoms. The van der Waals surface area contributed by atoms with Gasteiger partial charge in [-0.1, -0.05) is 64.3 Å². The molecule has 0 radical (unpaired) electrons. The highest BCUT2D eigenvalue weighted by Crippen LogP contribution is 2.69.